The molecule has 1 aliphatic carbocycles. The molecule has 7 heteroatoms. The third-order valence-corrected chi connectivity index (χ3v) is 7.97. The van der Waals surface area contributed by atoms with Gasteiger partial charge in [-0.3, -0.25) is 14.5 Å². The second kappa shape index (κ2) is 11.6. The standard InChI is InChI=1S/C28H40N2O4S/c1-7-29-17-9-8-10-22(26(29)32)30(25(31)20-13-11-19(2)12-14-20)23-18-21(15-16-28(3,4)5)35-24(23)27(33)34-6/h18-20,22H,7-14,17H2,1-6H3/t19-,20-,22-/m0/s1. The van der Waals surface area contributed by atoms with E-state index in [4.69, 9.17) is 4.74 Å². The predicted octanol–water partition coefficient (Wildman–Crippen LogP) is 5.49. The second-order valence-corrected chi connectivity index (χ2v) is 12.0. The van der Waals surface area contributed by atoms with Gasteiger partial charge in [0.2, 0.25) is 11.8 Å². The largest absolute Gasteiger partial charge is 0.465 e. The Hall–Kier alpha value is -2.33. The number of methoxy groups -OCH3 is 1. The molecule has 2 amide bonds. The van der Waals surface area contributed by atoms with Gasteiger partial charge >= 0.3 is 5.97 Å². The summed E-state index contributed by atoms with van der Waals surface area (Å²) in [5, 5.41) is 0. The summed E-state index contributed by atoms with van der Waals surface area (Å²) in [5.74, 6) is 6.27. The number of carbonyl (C=O) groups excluding carboxylic acids is 3. The Bertz CT molecular complexity index is 989. The van der Waals surface area contributed by atoms with E-state index >= 15 is 0 Å². The molecule has 192 valence electrons. The maximum atomic E-state index is 14.1. The molecule has 0 radical (unpaired) electrons. The number of ether oxygens (including phenoxy) is 1. The molecular formula is C28H40N2O4S. The molecule has 1 atom stereocenters. The quantitative estimate of drug-likeness (QED) is 0.396. The molecule has 1 aromatic heterocycles. The Morgan fingerprint density at radius 1 is 1.17 bits per heavy atom. The van der Waals surface area contributed by atoms with E-state index < -0.39 is 12.0 Å². The van der Waals surface area contributed by atoms with E-state index in [0.29, 0.717) is 40.9 Å². The summed E-state index contributed by atoms with van der Waals surface area (Å²) in [4.78, 5) is 45.1. The summed E-state index contributed by atoms with van der Waals surface area (Å²) in [6.45, 7) is 11.6. The minimum atomic E-state index is -0.620. The molecule has 0 bridgehead atoms. The molecule has 6 nitrogen and oxygen atoms in total. The average Bonchev–Trinajstić information content (AvgIpc) is 3.15. The Kier molecular flexibility index (Phi) is 9.04. The van der Waals surface area contributed by atoms with Gasteiger partial charge in [-0.15, -0.1) is 11.3 Å². The molecule has 2 heterocycles. The normalized spacial score (nSPS) is 23.2. The number of nitrogens with zero attached hydrogens (tertiary/aromatic N) is 2. The van der Waals surface area contributed by atoms with Crippen LogP contribution in [0.25, 0.3) is 0 Å². The van der Waals surface area contributed by atoms with Crippen LogP contribution in [0, 0.1) is 29.1 Å². The van der Waals surface area contributed by atoms with Crippen LogP contribution in [0.4, 0.5) is 5.69 Å². The van der Waals surface area contributed by atoms with Crippen LogP contribution in [0.1, 0.15) is 94.1 Å². The monoisotopic (exact) mass is 500 g/mol. The first-order chi connectivity index (χ1) is 16.6. The fraction of sp³-hybridized carbons (Fsp3) is 0.679. The third-order valence-electron chi connectivity index (χ3n) is 6.95. The second-order valence-electron chi connectivity index (χ2n) is 10.9. The van der Waals surface area contributed by atoms with Crippen molar-refractivity contribution in [1.82, 2.24) is 4.90 Å². The summed E-state index contributed by atoms with van der Waals surface area (Å²) >= 11 is 1.24. The zero-order valence-corrected chi connectivity index (χ0v) is 22.9. The SMILES string of the molecule is CCN1CCCC[C@H](N(c2cc(C#CC(C)(C)C)sc2C(=O)OC)C(=O)[C@H]2CC[C@H](C)CC2)C1=O. The predicted molar refractivity (Wildman–Crippen MR) is 140 cm³/mol. The van der Waals surface area contributed by atoms with Gasteiger partial charge in [0.1, 0.15) is 10.9 Å². The highest BCUT2D eigenvalue weighted by Crippen LogP contribution is 2.38. The number of anilines is 1. The molecule has 0 aromatic carbocycles. The molecule has 1 aromatic rings. The van der Waals surface area contributed by atoms with Gasteiger partial charge in [-0.05, 0) is 84.6 Å². The molecule has 2 fully saturated rings. The summed E-state index contributed by atoms with van der Waals surface area (Å²) < 4.78 is 5.10. The molecule has 3 rings (SSSR count). The van der Waals surface area contributed by atoms with Gasteiger partial charge in [-0.25, -0.2) is 4.79 Å². The van der Waals surface area contributed by atoms with E-state index in [-0.39, 0.29) is 23.1 Å². The number of rotatable bonds is 5. The van der Waals surface area contributed by atoms with Crippen molar-refractivity contribution in [1.29, 1.82) is 0 Å². The number of likely N-dealkylation sites (tertiary alicyclic amines) is 1. The van der Waals surface area contributed by atoms with Crippen molar-refractivity contribution in [3.63, 3.8) is 0 Å². The number of esters is 1. The maximum Gasteiger partial charge on any atom is 0.350 e. The van der Waals surface area contributed by atoms with Crippen LogP contribution in [-0.2, 0) is 14.3 Å². The number of hydrogen-bond donors (Lipinski definition) is 0. The molecule has 1 saturated carbocycles. The fourth-order valence-electron chi connectivity index (χ4n) is 4.89. The Morgan fingerprint density at radius 3 is 2.46 bits per heavy atom. The van der Waals surface area contributed by atoms with Crippen LogP contribution >= 0.6 is 11.3 Å². The highest BCUT2D eigenvalue weighted by Gasteiger charge is 2.40. The van der Waals surface area contributed by atoms with E-state index in [1.807, 2.05) is 38.7 Å². The lowest BCUT2D eigenvalue weighted by Crippen LogP contribution is -2.52. The Balaban J connectivity index is 2.12. The van der Waals surface area contributed by atoms with Crippen molar-refractivity contribution in [3.8, 4) is 11.8 Å². The first-order valence-corrected chi connectivity index (χ1v) is 13.7. The van der Waals surface area contributed by atoms with Crippen molar-refractivity contribution in [2.45, 2.75) is 85.6 Å². The summed E-state index contributed by atoms with van der Waals surface area (Å²) in [7, 11) is 1.34. The van der Waals surface area contributed by atoms with E-state index in [1.165, 1.54) is 18.4 Å². The lowest BCUT2D eigenvalue weighted by Gasteiger charge is -2.36. The molecule has 2 aliphatic rings. The van der Waals surface area contributed by atoms with Gasteiger partial charge in [0.25, 0.3) is 0 Å². The Labute approximate surface area is 214 Å². The van der Waals surface area contributed by atoms with Crippen molar-refractivity contribution < 1.29 is 19.1 Å². The van der Waals surface area contributed by atoms with E-state index in [9.17, 15) is 14.4 Å². The summed E-state index contributed by atoms with van der Waals surface area (Å²) in [6, 6.07) is 1.19. The van der Waals surface area contributed by atoms with Gasteiger partial charge in [0, 0.05) is 24.4 Å². The van der Waals surface area contributed by atoms with Gasteiger partial charge in [-0.1, -0.05) is 18.8 Å². The van der Waals surface area contributed by atoms with Gasteiger partial charge < -0.3 is 9.64 Å². The minimum Gasteiger partial charge on any atom is -0.465 e. The van der Waals surface area contributed by atoms with Gasteiger partial charge in [0.05, 0.1) is 17.7 Å². The third kappa shape index (κ3) is 6.67. The van der Waals surface area contributed by atoms with Crippen LogP contribution in [-0.4, -0.2) is 48.9 Å². The van der Waals surface area contributed by atoms with Crippen molar-refractivity contribution in [3.05, 3.63) is 15.8 Å². The van der Waals surface area contributed by atoms with Crippen molar-refractivity contribution in [2.75, 3.05) is 25.1 Å². The average molecular weight is 501 g/mol. The minimum absolute atomic E-state index is 0.0353. The van der Waals surface area contributed by atoms with Crippen molar-refractivity contribution >= 4 is 34.8 Å². The lowest BCUT2D eigenvalue weighted by molar-refractivity contribution is -0.135. The number of likely N-dealkylation sites (N-methyl/N-ethyl adjacent to an activating group) is 1. The first-order valence-electron chi connectivity index (χ1n) is 12.9. The van der Waals surface area contributed by atoms with Gasteiger partial charge in [-0.2, -0.15) is 0 Å². The summed E-state index contributed by atoms with van der Waals surface area (Å²) in [6.07, 6.45) is 5.97. The lowest BCUT2D eigenvalue weighted by atomic mass is 9.82. The molecule has 0 unspecified atom stereocenters. The molecular weight excluding hydrogens is 460 g/mol. The molecule has 0 spiro atoms. The van der Waals surface area contributed by atoms with E-state index in [1.54, 1.807) is 4.90 Å². The topological polar surface area (TPSA) is 66.9 Å². The van der Waals surface area contributed by atoms with Gasteiger partial charge in [0.15, 0.2) is 0 Å². The Morgan fingerprint density at radius 2 is 1.86 bits per heavy atom. The van der Waals surface area contributed by atoms with Crippen LogP contribution < -0.4 is 4.90 Å². The maximum absolute atomic E-state index is 14.1. The first kappa shape index (κ1) is 27.3. The van der Waals surface area contributed by atoms with Crippen molar-refractivity contribution in [2.24, 2.45) is 17.3 Å². The van der Waals surface area contributed by atoms with E-state index in [2.05, 4.69) is 18.8 Å². The van der Waals surface area contributed by atoms with Crippen LogP contribution in [0.3, 0.4) is 0 Å². The molecule has 1 saturated heterocycles. The summed E-state index contributed by atoms with van der Waals surface area (Å²) in [5.41, 5.74) is 0.267. The smallest absolute Gasteiger partial charge is 0.350 e. The van der Waals surface area contributed by atoms with Crippen LogP contribution in [0.2, 0.25) is 0 Å². The fourth-order valence-corrected chi connectivity index (χ4v) is 5.81. The zero-order valence-electron chi connectivity index (χ0n) is 22.1. The molecule has 35 heavy (non-hydrogen) atoms. The number of carbonyl (C=O) groups is 3. The number of amides is 2. The van der Waals surface area contributed by atoms with E-state index in [0.717, 1.165) is 38.5 Å². The number of thiophene rings is 1. The van der Waals surface area contributed by atoms with Crippen LogP contribution in [0.5, 0.6) is 0 Å². The van der Waals surface area contributed by atoms with Crippen LogP contribution in [0.15, 0.2) is 6.07 Å². The highest BCUT2D eigenvalue weighted by molar-refractivity contribution is 7.15. The zero-order chi connectivity index (χ0) is 25.8. The number of hydrogen-bond acceptors (Lipinski definition) is 5. The highest BCUT2D eigenvalue weighted by atomic mass is 32.1. The molecule has 0 N–H and O–H groups in total. The molecule has 1 aliphatic heterocycles.